The first-order valence-electron chi connectivity index (χ1n) is 7.44. The van der Waals surface area contributed by atoms with Gasteiger partial charge < -0.3 is 20.5 Å². The number of sulfone groups is 1. The lowest BCUT2D eigenvalue weighted by atomic mass is 10.2. The number of carbonyl (C=O) groups is 1. The molecule has 1 saturated heterocycles. The predicted octanol–water partition coefficient (Wildman–Crippen LogP) is 0.555. The van der Waals surface area contributed by atoms with E-state index >= 15 is 0 Å². The van der Waals surface area contributed by atoms with Crippen molar-refractivity contribution in [1.82, 2.24) is 0 Å². The summed E-state index contributed by atoms with van der Waals surface area (Å²) in [5.74, 6) is 0.229. The lowest BCUT2D eigenvalue weighted by Gasteiger charge is -2.13. The molecule has 0 spiro atoms. The highest BCUT2D eigenvalue weighted by molar-refractivity contribution is 7.90. The van der Waals surface area contributed by atoms with Crippen LogP contribution in [0.4, 0.5) is 5.69 Å². The molecule has 3 N–H and O–H groups in total. The molecule has 1 aliphatic heterocycles. The van der Waals surface area contributed by atoms with E-state index in [0.717, 1.165) is 12.7 Å². The highest BCUT2D eigenvalue weighted by atomic mass is 32.2. The lowest BCUT2D eigenvalue weighted by Crippen LogP contribution is -2.29. The molecule has 0 bridgehead atoms. The Labute approximate surface area is 136 Å². The number of carbonyl (C=O) groups excluding carboxylic acids is 1. The average Bonchev–Trinajstić information content (AvgIpc) is 2.95. The van der Waals surface area contributed by atoms with E-state index in [1.54, 1.807) is 24.3 Å². The van der Waals surface area contributed by atoms with Gasteiger partial charge in [-0.1, -0.05) is 6.07 Å². The molecule has 7 nitrogen and oxygen atoms in total. The zero-order valence-corrected chi connectivity index (χ0v) is 13.8. The number of hydrogen-bond donors (Lipinski definition) is 2. The Balaban J connectivity index is 1.88. The fourth-order valence-electron chi connectivity index (χ4n) is 2.27. The van der Waals surface area contributed by atoms with Crippen molar-refractivity contribution in [3.05, 3.63) is 24.3 Å². The van der Waals surface area contributed by atoms with Gasteiger partial charge in [0.15, 0.2) is 9.84 Å². The summed E-state index contributed by atoms with van der Waals surface area (Å²) in [6, 6.07) is 6.81. The van der Waals surface area contributed by atoms with E-state index in [-0.39, 0.29) is 24.4 Å². The van der Waals surface area contributed by atoms with Gasteiger partial charge in [-0.15, -0.1) is 0 Å². The van der Waals surface area contributed by atoms with Crippen LogP contribution in [0.3, 0.4) is 0 Å². The summed E-state index contributed by atoms with van der Waals surface area (Å²) in [6.07, 6.45) is 2.04. The van der Waals surface area contributed by atoms with Crippen LogP contribution in [-0.4, -0.2) is 51.7 Å². The fraction of sp³-hybridized carbons (Fsp3) is 0.533. The van der Waals surface area contributed by atoms with Crippen LogP contribution >= 0.6 is 0 Å². The van der Waals surface area contributed by atoms with Gasteiger partial charge in [-0.25, -0.2) is 8.42 Å². The Morgan fingerprint density at radius 2 is 2.22 bits per heavy atom. The maximum atomic E-state index is 12.1. The third-order valence-corrected chi connectivity index (χ3v) is 4.40. The summed E-state index contributed by atoms with van der Waals surface area (Å²) >= 11 is 0. The minimum absolute atomic E-state index is 0.0556. The minimum Gasteiger partial charge on any atom is -0.492 e. The Morgan fingerprint density at radius 3 is 2.87 bits per heavy atom. The molecule has 0 radical (unpaired) electrons. The van der Waals surface area contributed by atoms with Gasteiger partial charge in [0.1, 0.15) is 18.5 Å². The van der Waals surface area contributed by atoms with E-state index in [1.165, 1.54) is 0 Å². The van der Waals surface area contributed by atoms with E-state index in [0.29, 0.717) is 24.4 Å². The van der Waals surface area contributed by atoms with Crippen LogP contribution in [-0.2, 0) is 19.4 Å². The summed E-state index contributed by atoms with van der Waals surface area (Å²) in [5.41, 5.74) is 6.11. The maximum absolute atomic E-state index is 12.1. The molecular weight excluding hydrogens is 320 g/mol. The van der Waals surface area contributed by atoms with Gasteiger partial charge in [0, 0.05) is 24.6 Å². The molecule has 128 valence electrons. The first-order chi connectivity index (χ1) is 10.9. The SMILES string of the molecule is CS(=O)(=O)CCOc1cccc(NC(=O)[C@@H]2CC[C@H](CN)O2)c1. The zero-order valence-electron chi connectivity index (χ0n) is 13.0. The molecule has 23 heavy (non-hydrogen) atoms. The van der Waals surface area contributed by atoms with Crippen LogP contribution in [0, 0.1) is 0 Å². The molecule has 1 heterocycles. The second-order valence-corrected chi connectivity index (χ2v) is 7.81. The van der Waals surface area contributed by atoms with Crippen LogP contribution in [0.1, 0.15) is 12.8 Å². The number of anilines is 1. The monoisotopic (exact) mass is 342 g/mol. The number of benzene rings is 1. The third kappa shape index (κ3) is 5.81. The maximum Gasteiger partial charge on any atom is 0.253 e. The van der Waals surface area contributed by atoms with Crippen molar-refractivity contribution in [3.63, 3.8) is 0 Å². The first kappa shape index (κ1) is 17.7. The number of amides is 1. The standard InChI is InChI=1S/C15H22N2O5S/c1-23(19,20)8-7-21-12-4-2-3-11(9-12)17-15(18)14-6-5-13(10-16)22-14/h2-4,9,13-14H,5-8,10,16H2,1H3,(H,17,18)/t13-,14+/m1/s1. The van der Waals surface area contributed by atoms with Gasteiger partial charge in [0.25, 0.3) is 5.91 Å². The summed E-state index contributed by atoms with van der Waals surface area (Å²) in [6.45, 7) is 0.480. The summed E-state index contributed by atoms with van der Waals surface area (Å²) in [4.78, 5) is 12.1. The second-order valence-electron chi connectivity index (χ2n) is 5.56. The molecule has 8 heteroatoms. The van der Waals surface area contributed by atoms with E-state index in [2.05, 4.69) is 5.32 Å². The van der Waals surface area contributed by atoms with Gasteiger partial charge in [-0.2, -0.15) is 0 Å². The Hall–Kier alpha value is -1.64. The Kier molecular flexibility index (Phi) is 5.97. The number of ether oxygens (including phenoxy) is 2. The van der Waals surface area contributed by atoms with Crippen LogP contribution in [0.25, 0.3) is 0 Å². The summed E-state index contributed by atoms with van der Waals surface area (Å²) in [7, 11) is -3.06. The van der Waals surface area contributed by atoms with Crippen molar-refractivity contribution in [2.75, 3.05) is 30.5 Å². The number of rotatable bonds is 7. The smallest absolute Gasteiger partial charge is 0.253 e. The number of hydrogen-bond acceptors (Lipinski definition) is 6. The molecule has 1 amide bonds. The van der Waals surface area contributed by atoms with E-state index in [9.17, 15) is 13.2 Å². The van der Waals surface area contributed by atoms with E-state index < -0.39 is 15.9 Å². The lowest BCUT2D eigenvalue weighted by molar-refractivity contribution is -0.126. The van der Waals surface area contributed by atoms with Crippen molar-refractivity contribution in [2.24, 2.45) is 5.73 Å². The second kappa shape index (κ2) is 7.76. The third-order valence-electron chi connectivity index (χ3n) is 3.49. The highest BCUT2D eigenvalue weighted by Gasteiger charge is 2.29. The Morgan fingerprint density at radius 1 is 1.43 bits per heavy atom. The van der Waals surface area contributed by atoms with Gasteiger partial charge in [-0.3, -0.25) is 4.79 Å². The normalized spacial score (nSPS) is 21.1. The molecular formula is C15H22N2O5S. The van der Waals surface area contributed by atoms with Crippen molar-refractivity contribution in [2.45, 2.75) is 25.0 Å². The zero-order chi connectivity index (χ0) is 16.9. The highest BCUT2D eigenvalue weighted by Crippen LogP contribution is 2.22. The van der Waals surface area contributed by atoms with Gasteiger partial charge >= 0.3 is 0 Å². The van der Waals surface area contributed by atoms with Gasteiger partial charge in [-0.05, 0) is 25.0 Å². The number of nitrogens with two attached hydrogens (primary N) is 1. The van der Waals surface area contributed by atoms with E-state index in [4.69, 9.17) is 15.2 Å². The van der Waals surface area contributed by atoms with Crippen LogP contribution in [0.15, 0.2) is 24.3 Å². The molecule has 2 rings (SSSR count). The molecule has 0 aliphatic carbocycles. The molecule has 1 aliphatic rings. The largest absolute Gasteiger partial charge is 0.492 e. The van der Waals surface area contributed by atoms with Crippen molar-refractivity contribution < 1.29 is 22.7 Å². The van der Waals surface area contributed by atoms with Crippen molar-refractivity contribution >= 4 is 21.4 Å². The summed E-state index contributed by atoms with van der Waals surface area (Å²) < 4.78 is 33.1. The van der Waals surface area contributed by atoms with E-state index in [1.807, 2.05) is 0 Å². The van der Waals surface area contributed by atoms with Crippen LogP contribution in [0.2, 0.25) is 0 Å². The molecule has 1 aromatic carbocycles. The first-order valence-corrected chi connectivity index (χ1v) is 9.50. The quantitative estimate of drug-likeness (QED) is 0.749. The van der Waals surface area contributed by atoms with Crippen molar-refractivity contribution in [1.29, 1.82) is 0 Å². The molecule has 0 unspecified atom stereocenters. The Bertz CT molecular complexity index is 647. The molecule has 1 fully saturated rings. The van der Waals surface area contributed by atoms with Crippen LogP contribution in [0.5, 0.6) is 5.75 Å². The summed E-state index contributed by atoms with van der Waals surface area (Å²) in [5, 5.41) is 2.77. The molecule has 0 saturated carbocycles. The van der Waals surface area contributed by atoms with Crippen LogP contribution < -0.4 is 15.8 Å². The topological polar surface area (TPSA) is 108 Å². The number of nitrogens with one attached hydrogen (secondary N) is 1. The average molecular weight is 342 g/mol. The molecule has 0 aromatic heterocycles. The molecule has 2 atom stereocenters. The molecule has 1 aromatic rings. The van der Waals surface area contributed by atoms with Gasteiger partial charge in [0.05, 0.1) is 11.9 Å². The fourth-order valence-corrected chi connectivity index (χ4v) is 2.66. The van der Waals surface area contributed by atoms with Crippen molar-refractivity contribution in [3.8, 4) is 5.75 Å². The van der Waals surface area contributed by atoms with Gasteiger partial charge in [0.2, 0.25) is 0 Å². The predicted molar refractivity (Wildman–Crippen MR) is 87.2 cm³/mol. The minimum atomic E-state index is -3.06.